The first-order valence-corrected chi connectivity index (χ1v) is 12.4. The van der Waals surface area contributed by atoms with Gasteiger partial charge in [0.2, 0.25) is 5.91 Å². The van der Waals surface area contributed by atoms with Gasteiger partial charge in [-0.1, -0.05) is 54.1 Å². The molecule has 7 heteroatoms. The molecule has 0 spiro atoms. The van der Waals surface area contributed by atoms with E-state index in [-0.39, 0.29) is 24.5 Å². The van der Waals surface area contributed by atoms with Crippen molar-refractivity contribution in [3.05, 3.63) is 94.4 Å². The second-order valence-electron chi connectivity index (χ2n) is 8.86. The van der Waals surface area contributed by atoms with E-state index in [0.29, 0.717) is 49.0 Å². The summed E-state index contributed by atoms with van der Waals surface area (Å²) in [5, 5.41) is 0.370. The smallest absolute Gasteiger partial charge is 0.255 e. The quantitative estimate of drug-likeness (QED) is 0.392. The number of carbonyl (C=O) groups excluding carboxylic acids is 2. The molecule has 3 aromatic rings. The van der Waals surface area contributed by atoms with Crippen LogP contribution in [-0.2, 0) is 22.5 Å². The van der Waals surface area contributed by atoms with Crippen molar-refractivity contribution < 1.29 is 18.7 Å². The number of amides is 2. The highest BCUT2D eigenvalue weighted by Crippen LogP contribution is 2.20. The average molecular weight is 495 g/mol. The van der Waals surface area contributed by atoms with Crippen molar-refractivity contribution in [1.82, 2.24) is 9.80 Å². The van der Waals surface area contributed by atoms with Crippen LogP contribution in [0.5, 0.6) is 0 Å². The van der Waals surface area contributed by atoms with E-state index in [1.807, 2.05) is 49.4 Å². The summed E-state index contributed by atoms with van der Waals surface area (Å²) >= 11 is 6.32. The Kier molecular flexibility index (Phi) is 8.61. The zero-order chi connectivity index (χ0) is 24.6. The van der Waals surface area contributed by atoms with Crippen LogP contribution in [-0.4, -0.2) is 54.0 Å². The van der Waals surface area contributed by atoms with E-state index in [2.05, 4.69) is 0 Å². The summed E-state index contributed by atoms with van der Waals surface area (Å²) in [5.74, 6) is 1.10. The van der Waals surface area contributed by atoms with Crippen molar-refractivity contribution in [3.63, 3.8) is 0 Å². The maximum absolute atomic E-state index is 13.6. The summed E-state index contributed by atoms with van der Waals surface area (Å²) < 4.78 is 11.5. The summed E-state index contributed by atoms with van der Waals surface area (Å²) in [4.78, 5) is 30.4. The fourth-order valence-electron chi connectivity index (χ4n) is 4.28. The van der Waals surface area contributed by atoms with E-state index in [0.717, 1.165) is 24.2 Å². The van der Waals surface area contributed by atoms with Crippen LogP contribution in [0.25, 0.3) is 0 Å². The topological polar surface area (TPSA) is 63.0 Å². The second kappa shape index (κ2) is 12.0. The fourth-order valence-corrected chi connectivity index (χ4v) is 4.50. The molecule has 1 unspecified atom stereocenters. The number of hydrogen-bond donors (Lipinski definition) is 0. The third-order valence-corrected chi connectivity index (χ3v) is 6.50. The standard InChI is InChI=1S/C28H31ClN2O4/c1-21-13-14-24(35-21)19-30(16-15-22-8-3-2-4-9-22)27(32)20-31(18-23-10-7-17-34-23)28(33)25-11-5-6-12-26(25)29/h2-6,8-9,11-14,23H,7,10,15-20H2,1H3. The molecular weight excluding hydrogens is 464 g/mol. The molecule has 0 saturated carbocycles. The predicted molar refractivity (Wildman–Crippen MR) is 135 cm³/mol. The summed E-state index contributed by atoms with van der Waals surface area (Å²) in [7, 11) is 0. The highest BCUT2D eigenvalue weighted by molar-refractivity contribution is 6.33. The van der Waals surface area contributed by atoms with Gasteiger partial charge in [-0.25, -0.2) is 0 Å². The van der Waals surface area contributed by atoms with E-state index in [1.165, 1.54) is 0 Å². The van der Waals surface area contributed by atoms with Gasteiger partial charge in [0, 0.05) is 19.7 Å². The van der Waals surface area contributed by atoms with Crippen LogP contribution in [0.3, 0.4) is 0 Å². The van der Waals surface area contributed by atoms with Crippen molar-refractivity contribution >= 4 is 23.4 Å². The molecule has 35 heavy (non-hydrogen) atoms. The number of benzene rings is 2. The number of nitrogens with zero attached hydrogens (tertiary/aromatic N) is 2. The summed E-state index contributed by atoms with van der Waals surface area (Å²) in [5.41, 5.74) is 1.53. The van der Waals surface area contributed by atoms with Gasteiger partial charge in [0.1, 0.15) is 18.1 Å². The van der Waals surface area contributed by atoms with Gasteiger partial charge < -0.3 is 19.0 Å². The normalized spacial score (nSPS) is 15.2. The predicted octanol–water partition coefficient (Wildman–Crippen LogP) is 5.13. The van der Waals surface area contributed by atoms with Crippen LogP contribution < -0.4 is 0 Å². The molecule has 2 aromatic carbocycles. The molecule has 4 rings (SSSR count). The van der Waals surface area contributed by atoms with E-state index in [4.69, 9.17) is 20.8 Å². The maximum atomic E-state index is 13.6. The van der Waals surface area contributed by atoms with Gasteiger partial charge >= 0.3 is 0 Å². The summed E-state index contributed by atoms with van der Waals surface area (Å²) in [6, 6.07) is 20.8. The van der Waals surface area contributed by atoms with Crippen LogP contribution in [0, 0.1) is 6.92 Å². The molecule has 1 fully saturated rings. The van der Waals surface area contributed by atoms with Crippen LogP contribution >= 0.6 is 11.6 Å². The number of ether oxygens (including phenoxy) is 1. The van der Waals surface area contributed by atoms with Crippen molar-refractivity contribution in [1.29, 1.82) is 0 Å². The van der Waals surface area contributed by atoms with Gasteiger partial charge in [-0.15, -0.1) is 0 Å². The molecule has 0 bridgehead atoms. The minimum atomic E-state index is -0.267. The van der Waals surface area contributed by atoms with Gasteiger partial charge in [0.15, 0.2) is 0 Å². The average Bonchev–Trinajstić information content (AvgIpc) is 3.53. The summed E-state index contributed by atoms with van der Waals surface area (Å²) in [6.07, 6.45) is 2.44. The monoisotopic (exact) mass is 494 g/mol. The molecule has 184 valence electrons. The Morgan fingerprint density at radius 2 is 1.77 bits per heavy atom. The second-order valence-corrected chi connectivity index (χ2v) is 9.27. The number of carbonyl (C=O) groups is 2. The van der Waals surface area contributed by atoms with E-state index in [9.17, 15) is 9.59 Å². The van der Waals surface area contributed by atoms with Gasteiger partial charge in [0.25, 0.3) is 5.91 Å². The molecule has 1 aliphatic rings. The van der Waals surface area contributed by atoms with Gasteiger partial charge in [-0.05, 0) is 56.0 Å². The number of rotatable bonds is 10. The Balaban J connectivity index is 1.52. The minimum Gasteiger partial charge on any atom is -0.464 e. The molecule has 6 nitrogen and oxygen atoms in total. The molecule has 1 aliphatic heterocycles. The number of aryl methyl sites for hydroxylation is 1. The molecule has 0 aliphatic carbocycles. The van der Waals surface area contributed by atoms with Crippen molar-refractivity contribution in [3.8, 4) is 0 Å². The fraction of sp³-hybridized carbons (Fsp3) is 0.357. The first-order valence-electron chi connectivity index (χ1n) is 12.0. The molecule has 2 heterocycles. The van der Waals surface area contributed by atoms with Crippen LogP contribution in [0.2, 0.25) is 5.02 Å². The molecule has 0 N–H and O–H groups in total. The van der Waals surface area contributed by atoms with Gasteiger partial charge in [-0.2, -0.15) is 0 Å². The first-order chi connectivity index (χ1) is 17.0. The Morgan fingerprint density at radius 3 is 2.46 bits per heavy atom. The van der Waals surface area contributed by atoms with Crippen molar-refractivity contribution in [2.45, 2.75) is 38.8 Å². The Bertz CT molecular complexity index is 1120. The SMILES string of the molecule is Cc1ccc(CN(CCc2ccccc2)C(=O)CN(CC2CCCO2)C(=O)c2ccccc2Cl)o1. The number of hydrogen-bond acceptors (Lipinski definition) is 4. The Morgan fingerprint density at radius 1 is 1.00 bits per heavy atom. The van der Waals surface area contributed by atoms with Crippen LogP contribution in [0.4, 0.5) is 0 Å². The van der Waals surface area contributed by atoms with E-state index >= 15 is 0 Å². The third kappa shape index (κ3) is 6.96. The lowest BCUT2D eigenvalue weighted by Crippen LogP contribution is -2.46. The zero-order valence-electron chi connectivity index (χ0n) is 20.0. The van der Waals surface area contributed by atoms with Crippen LogP contribution in [0.15, 0.2) is 71.1 Å². The Labute approximate surface area is 211 Å². The third-order valence-electron chi connectivity index (χ3n) is 6.17. The lowest BCUT2D eigenvalue weighted by Gasteiger charge is -2.29. The highest BCUT2D eigenvalue weighted by atomic mass is 35.5. The van der Waals surface area contributed by atoms with Crippen molar-refractivity contribution in [2.24, 2.45) is 0 Å². The largest absolute Gasteiger partial charge is 0.464 e. The Hall–Kier alpha value is -3.09. The highest BCUT2D eigenvalue weighted by Gasteiger charge is 2.28. The maximum Gasteiger partial charge on any atom is 0.255 e. The molecule has 1 aromatic heterocycles. The minimum absolute atomic E-state index is 0.0571. The number of halogens is 1. The zero-order valence-corrected chi connectivity index (χ0v) is 20.7. The molecular formula is C28H31ClN2O4. The number of furan rings is 1. The molecule has 0 radical (unpaired) electrons. The van der Waals surface area contributed by atoms with Crippen molar-refractivity contribution in [2.75, 3.05) is 26.2 Å². The lowest BCUT2D eigenvalue weighted by atomic mass is 10.1. The lowest BCUT2D eigenvalue weighted by molar-refractivity contribution is -0.133. The molecule has 1 atom stereocenters. The molecule has 2 amide bonds. The molecule has 1 saturated heterocycles. The van der Waals surface area contributed by atoms with E-state index < -0.39 is 0 Å². The van der Waals surface area contributed by atoms with Gasteiger partial charge in [0.05, 0.1) is 23.2 Å². The first kappa shape index (κ1) is 25.0. The van der Waals surface area contributed by atoms with Gasteiger partial charge in [-0.3, -0.25) is 9.59 Å². The van der Waals surface area contributed by atoms with E-state index in [1.54, 1.807) is 34.1 Å². The van der Waals surface area contributed by atoms with Crippen LogP contribution in [0.1, 0.15) is 40.3 Å². The summed E-state index contributed by atoms with van der Waals surface area (Å²) in [6.45, 7) is 3.70.